The lowest BCUT2D eigenvalue weighted by atomic mass is 9.72. The average Bonchev–Trinajstić information content (AvgIpc) is 2.45. The van der Waals surface area contributed by atoms with E-state index in [1.54, 1.807) is 7.11 Å². The minimum atomic E-state index is -0.498. The van der Waals surface area contributed by atoms with Gasteiger partial charge in [-0.1, -0.05) is 18.2 Å². The zero-order chi connectivity index (χ0) is 14.3. The number of benzene rings is 2. The summed E-state index contributed by atoms with van der Waals surface area (Å²) in [7, 11) is 3.12. The van der Waals surface area contributed by atoms with E-state index >= 15 is 0 Å². The monoisotopic (exact) mass is 270 g/mol. The van der Waals surface area contributed by atoms with Gasteiger partial charge >= 0.3 is 5.97 Å². The molecule has 2 aromatic rings. The second kappa shape index (κ2) is 4.51. The topological polar surface area (TPSA) is 35.5 Å². The lowest BCUT2D eigenvalue weighted by Gasteiger charge is -2.32. The Morgan fingerprint density at radius 3 is 2.60 bits per heavy atom. The normalized spacial score (nSPS) is 20.8. The standard InChI is InChI=1S/C17H18O3/c1-17(16(18)20-3)9-12-6-4-5-11-7-14(19-2)8-13(10-17)15(11)12/h4-8H,9-10H2,1-3H3. The molecule has 20 heavy (non-hydrogen) atoms. The highest BCUT2D eigenvalue weighted by Gasteiger charge is 2.38. The van der Waals surface area contributed by atoms with Gasteiger partial charge in [0.25, 0.3) is 0 Å². The van der Waals surface area contributed by atoms with Crippen LogP contribution in [0.4, 0.5) is 0 Å². The van der Waals surface area contributed by atoms with Crippen LogP contribution in [0, 0.1) is 5.41 Å². The summed E-state index contributed by atoms with van der Waals surface area (Å²) in [5.41, 5.74) is 1.87. The van der Waals surface area contributed by atoms with Crippen LogP contribution < -0.4 is 4.74 Å². The van der Waals surface area contributed by atoms with Crippen LogP contribution in [0.5, 0.6) is 5.75 Å². The fourth-order valence-electron chi connectivity index (χ4n) is 3.27. The Labute approximate surface area is 118 Å². The van der Waals surface area contributed by atoms with E-state index in [2.05, 4.69) is 12.1 Å². The lowest BCUT2D eigenvalue weighted by molar-refractivity contribution is -0.151. The third-order valence-corrected chi connectivity index (χ3v) is 4.19. The molecule has 0 N–H and O–H groups in total. The van der Waals surface area contributed by atoms with Gasteiger partial charge in [0, 0.05) is 0 Å². The van der Waals surface area contributed by atoms with Crippen LogP contribution in [0.2, 0.25) is 0 Å². The average molecular weight is 270 g/mol. The molecule has 3 nitrogen and oxygen atoms in total. The summed E-state index contributed by atoms with van der Waals surface area (Å²) in [5, 5.41) is 2.43. The van der Waals surface area contributed by atoms with Crippen LogP contribution in [-0.4, -0.2) is 20.2 Å². The minimum absolute atomic E-state index is 0.150. The molecule has 3 rings (SSSR count). The summed E-state index contributed by atoms with van der Waals surface area (Å²) >= 11 is 0. The third-order valence-electron chi connectivity index (χ3n) is 4.19. The third kappa shape index (κ3) is 1.85. The van der Waals surface area contributed by atoms with Gasteiger partial charge in [0.1, 0.15) is 5.75 Å². The molecular weight excluding hydrogens is 252 g/mol. The van der Waals surface area contributed by atoms with E-state index in [4.69, 9.17) is 9.47 Å². The molecule has 1 atom stereocenters. The van der Waals surface area contributed by atoms with Gasteiger partial charge in [0.2, 0.25) is 0 Å². The Balaban J connectivity index is 2.21. The van der Waals surface area contributed by atoms with Gasteiger partial charge in [0.05, 0.1) is 19.6 Å². The van der Waals surface area contributed by atoms with E-state index in [0.29, 0.717) is 6.42 Å². The number of carbonyl (C=O) groups is 1. The quantitative estimate of drug-likeness (QED) is 0.786. The maximum atomic E-state index is 12.1. The van der Waals surface area contributed by atoms with Crippen molar-refractivity contribution in [2.45, 2.75) is 19.8 Å². The highest BCUT2D eigenvalue weighted by Crippen LogP contribution is 2.41. The van der Waals surface area contributed by atoms with Crippen molar-refractivity contribution in [2.24, 2.45) is 5.41 Å². The van der Waals surface area contributed by atoms with Gasteiger partial charge in [0.15, 0.2) is 0 Å². The van der Waals surface area contributed by atoms with Gasteiger partial charge in [-0.2, -0.15) is 0 Å². The van der Waals surface area contributed by atoms with Crippen molar-refractivity contribution in [3.05, 3.63) is 41.5 Å². The zero-order valence-electron chi connectivity index (χ0n) is 12.0. The van der Waals surface area contributed by atoms with Crippen LogP contribution in [0.25, 0.3) is 10.8 Å². The predicted molar refractivity (Wildman–Crippen MR) is 78.0 cm³/mol. The van der Waals surface area contributed by atoms with Crippen LogP contribution in [0.3, 0.4) is 0 Å². The van der Waals surface area contributed by atoms with Crippen LogP contribution in [-0.2, 0) is 22.4 Å². The van der Waals surface area contributed by atoms with Crippen LogP contribution in [0.1, 0.15) is 18.1 Å². The molecule has 0 aliphatic heterocycles. The van der Waals surface area contributed by atoms with E-state index in [-0.39, 0.29) is 5.97 Å². The Morgan fingerprint density at radius 1 is 1.15 bits per heavy atom. The molecule has 0 saturated carbocycles. The van der Waals surface area contributed by atoms with Gasteiger partial charge in [-0.15, -0.1) is 0 Å². The number of esters is 1. The molecule has 3 heteroatoms. The molecule has 1 aliphatic rings. The molecule has 1 aliphatic carbocycles. The van der Waals surface area contributed by atoms with Gasteiger partial charge < -0.3 is 9.47 Å². The molecule has 104 valence electrons. The summed E-state index contributed by atoms with van der Waals surface area (Å²) in [6, 6.07) is 10.3. The number of methoxy groups -OCH3 is 2. The van der Waals surface area contributed by atoms with Crippen molar-refractivity contribution in [2.75, 3.05) is 14.2 Å². The number of hydrogen-bond acceptors (Lipinski definition) is 3. The molecule has 0 aromatic heterocycles. The summed E-state index contributed by atoms with van der Waals surface area (Å²) in [5.74, 6) is 0.682. The summed E-state index contributed by atoms with van der Waals surface area (Å²) in [4.78, 5) is 12.1. The van der Waals surface area contributed by atoms with Crippen LogP contribution in [0.15, 0.2) is 30.3 Å². The molecule has 0 bridgehead atoms. The zero-order valence-corrected chi connectivity index (χ0v) is 12.0. The van der Waals surface area contributed by atoms with E-state index in [0.717, 1.165) is 17.7 Å². The molecule has 0 spiro atoms. The number of hydrogen-bond donors (Lipinski definition) is 0. The fraction of sp³-hybridized carbons (Fsp3) is 0.353. The van der Waals surface area contributed by atoms with Crippen LogP contribution >= 0.6 is 0 Å². The minimum Gasteiger partial charge on any atom is -0.497 e. The largest absolute Gasteiger partial charge is 0.497 e. The van der Waals surface area contributed by atoms with Crippen molar-refractivity contribution in [1.82, 2.24) is 0 Å². The van der Waals surface area contributed by atoms with Crippen molar-refractivity contribution in [3.8, 4) is 5.75 Å². The van der Waals surface area contributed by atoms with Gasteiger partial charge in [-0.25, -0.2) is 0 Å². The second-order valence-electron chi connectivity index (χ2n) is 5.71. The predicted octanol–water partition coefficient (Wildman–Crippen LogP) is 3.13. The molecule has 2 aromatic carbocycles. The highest BCUT2D eigenvalue weighted by atomic mass is 16.5. The van der Waals surface area contributed by atoms with Gasteiger partial charge in [-0.3, -0.25) is 4.79 Å². The molecular formula is C17H18O3. The summed E-state index contributed by atoms with van der Waals surface area (Å²) in [6.45, 7) is 1.97. The molecule has 0 heterocycles. The van der Waals surface area contributed by atoms with Crippen molar-refractivity contribution in [3.63, 3.8) is 0 Å². The van der Waals surface area contributed by atoms with Gasteiger partial charge in [-0.05, 0) is 53.8 Å². The smallest absolute Gasteiger partial charge is 0.312 e. The number of carbonyl (C=O) groups excluding carboxylic acids is 1. The summed E-state index contributed by atoms with van der Waals surface area (Å²) in [6.07, 6.45) is 1.40. The first-order chi connectivity index (χ1) is 9.57. The number of ether oxygens (including phenoxy) is 2. The highest BCUT2D eigenvalue weighted by molar-refractivity contribution is 5.93. The molecule has 0 amide bonds. The molecule has 0 radical (unpaired) electrons. The fourth-order valence-corrected chi connectivity index (χ4v) is 3.27. The SMILES string of the molecule is COC(=O)C1(C)Cc2cccc3cc(OC)cc(c23)C1. The Bertz CT molecular complexity index is 690. The first-order valence-corrected chi connectivity index (χ1v) is 6.74. The molecule has 0 fully saturated rings. The van der Waals surface area contributed by atoms with E-state index in [9.17, 15) is 4.79 Å². The van der Waals surface area contributed by atoms with Crippen molar-refractivity contribution < 1.29 is 14.3 Å². The first-order valence-electron chi connectivity index (χ1n) is 6.74. The lowest BCUT2D eigenvalue weighted by Crippen LogP contribution is -2.36. The molecule has 0 saturated heterocycles. The van der Waals surface area contributed by atoms with E-state index < -0.39 is 5.41 Å². The first kappa shape index (κ1) is 13.0. The van der Waals surface area contributed by atoms with Crippen molar-refractivity contribution >= 4 is 16.7 Å². The summed E-state index contributed by atoms with van der Waals surface area (Å²) < 4.78 is 10.4. The van der Waals surface area contributed by atoms with E-state index in [1.165, 1.54) is 23.4 Å². The molecule has 1 unspecified atom stereocenters. The Hall–Kier alpha value is -2.03. The Morgan fingerprint density at radius 2 is 1.90 bits per heavy atom. The van der Waals surface area contributed by atoms with Crippen molar-refractivity contribution in [1.29, 1.82) is 0 Å². The maximum Gasteiger partial charge on any atom is 0.312 e. The van der Waals surface area contributed by atoms with E-state index in [1.807, 2.05) is 25.1 Å². The maximum absolute atomic E-state index is 12.1. The second-order valence-corrected chi connectivity index (χ2v) is 5.71. The number of rotatable bonds is 2. The Kier molecular flexibility index (Phi) is 2.93.